The Morgan fingerprint density at radius 3 is 2.76 bits per heavy atom. The molecule has 2 heterocycles. The second-order valence-electron chi connectivity index (χ2n) is 7.71. The maximum absolute atomic E-state index is 13.5. The second kappa shape index (κ2) is 8.13. The summed E-state index contributed by atoms with van der Waals surface area (Å²) in [5.74, 6) is -0.499. The molecule has 6 heteroatoms. The SMILES string of the molecule is CCC[C@H]1CCC[C@H]([C@H](O)c2cncc(F)c2)N1C(=O)OC(C)(C)C. The van der Waals surface area contributed by atoms with Gasteiger partial charge in [0.25, 0.3) is 0 Å². The molecule has 0 bridgehead atoms. The van der Waals surface area contributed by atoms with Gasteiger partial charge in [0, 0.05) is 17.8 Å². The van der Waals surface area contributed by atoms with E-state index in [0.29, 0.717) is 12.0 Å². The van der Waals surface area contributed by atoms with Gasteiger partial charge in [0.05, 0.1) is 12.2 Å². The summed E-state index contributed by atoms with van der Waals surface area (Å²) in [4.78, 5) is 18.3. The molecule has 140 valence electrons. The average Bonchev–Trinajstić information content (AvgIpc) is 2.52. The summed E-state index contributed by atoms with van der Waals surface area (Å²) >= 11 is 0. The van der Waals surface area contributed by atoms with Crippen molar-refractivity contribution in [3.8, 4) is 0 Å². The Morgan fingerprint density at radius 1 is 1.44 bits per heavy atom. The Morgan fingerprint density at radius 2 is 2.16 bits per heavy atom. The summed E-state index contributed by atoms with van der Waals surface area (Å²) in [5, 5.41) is 10.8. The van der Waals surface area contributed by atoms with Crippen LogP contribution in [0, 0.1) is 5.82 Å². The van der Waals surface area contributed by atoms with Crippen molar-refractivity contribution in [3.05, 3.63) is 29.8 Å². The van der Waals surface area contributed by atoms with E-state index in [4.69, 9.17) is 4.74 Å². The van der Waals surface area contributed by atoms with Crippen LogP contribution in [0.1, 0.15) is 71.5 Å². The molecule has 0 aromatic carbocycles. The van der Waals surface area contributed by atoms with Gasteiger partial charge in [0.2, 0.25) is 0 Å². The van der Waals surface area contributed by atoms with Gasteiger partial charge >= 0.3 is 6.09 Å². The summed E-state index contributed by atoms with van der Waals surface area (Å²) < 4.78 is 19.1. The van der Waals surface area contributed by atoms with Gasteiger partial charge in [0.1, 0.15) is 17.5 Å². The Hall–Kier alpha value is -1.69. The lowest BCUT2D eigenvalue weighted by Crippen LogP contribution is -2.53. The summed E-state index contributed by atoms with van der Waals surface area (Å²) in [5.41, 5.74) is -0.225. The highest BCUT2D eigenvalue weighted by atomic mass is 19.1. The largest absolute Gasteiger partial charge is 0.444 e. The third kappa shape index (κ3) is 5.14. The highest BCUT2D eigenvalue weighted by Crippen LogP contribution is 2.34. The van der Waals surface area contributed by atoms with Crippen LogP contribution in [-0.2, 0) is 4.74 Å². The molecular formula is C19H29FN2O3. The number of rotatable bonds is 4. The predicted molar refractivity (Wildman–Crippen MR) is 93.6 cm³/mol. The Labute approximate surface area is 149 Å². The van der Waals surface area contributed by atoms with Gasteiger partial charge in [0.15, 0.2) is 0 Å². The van der Waals surface area contributed by atoms with Crippen molar-refractivity contribution in [3.63, 3.8) is 0 Å². The van der Waals surface area contributed by atoms with E-state index in [1.54, 1.807) is 4.90 Å². The molecule has 0 spiro atoms. The van der Waals surface area contributed by atoms with Crippen molar-refractivity contribution < 1.29 is 19.0 Å². The van der Waals surface area contributed by atoms with Gasteiger partial charge in [-0.05, 0) is 52.5 Å². The fourth-order valence-electron chi connectivity index (χ4n) is 3.45. The normalized spacial score (nSPS) is 22.6. The molecule has 0 aliphatic carbocycles. The number of halogens is 1. The monoisotopic (exact) mass is 352 g/mol. The molecule has 1 amide bonds. The summed E-state index contributed by atoms with van der Waals surface area (Å²) in [6, 6.07) is 0.854. The average molecular weight is 352 g/mol. The Bertz CT molecular complexity index is 586. The number of hydrogen-bond acceptors (Lipinski definition) is 4. The van der Waals surface area contributed by atoms with Crippen LogP contribution in [0.15, 0.2) is 18.5 Å². The molecule has 0 unspecified atom stereocenters. The molecule has 1 N–H and O–H groups in total. The first kappa shape index (κ1) is 19.6. The zero-order valence-electron chi connectivity index (χ0n) is 15.5. The van der Waals surface area contributed by atoms with Gasteiger partial charge in [-0.25, -0.2) is 9.18 Å². The minimum atomic E-state index is -0.990. The number of aliphatic hydroxyl groups excluding tert-OH is 1. The van der Waals surface area contributed by atoms with E-state index in [1.807, 2.05) is 20.8 Å². The van der Waals surface area contributed by atoms with E-state index in [9.17, 15) is 14.3 Å². The van der Waals surface area contributed by atoms with E-state index in [2.05, 4.69) is 11.9 Å². The number of ether oxygens (including phenoxy) is 1. The topological polar surface area (TPSA) is 62.7 Å². The summed E-state index contributed by atoms with van der Waals surface area (Å²) in [7, 11) is 0. The fourth-order valence-corrected chi connectivity index (χ4v) is 3.45. The van der Waals surface area contributed by atoms with E-state index < -0.39 is 29.7 Å². The highest BCUT2D eigenvalue weighted by Gasteiger charge is 2.40. The molecule has 3 atom stereocenters. The number of amides is 1. The second-order valence-corrected chi connectivity index (χ2v) is 7.71. The van der Waals surface area contributed by atoms with Crippen LogP contribution in [-0.4, -0.2) is 38.8 Å². The molecule has 1 aliphatic heterocycles. The molecule has 1 fully saturated rings. The summed E-state index contributed by atoms with van der Waals surface area (Å²) in [6.45, 7) is 7.55. The Kier molecular flexibility index (Phi) is 6.38. The van der Waals surface area contributed by atoms with Gasteiger partial charge in [-0.3, -0.25) is 9.88 Å². The van der Waals surface area contributed by atoms with E-state index in [-0.39, 0.29) is 6.04 Å². The number of nitrogens with zero attached hydrogens (tertiary/aromatic N) is 2. The van der Waals surface area contributed by atoms with Crippen molar-refractivity contribution in [1.29, 1.82) is 0 Å². The van der Waals surface area contributed by atoms with E-state index >= 15 is 0 Å². The number of piperidine rings is 1. The maximum Gasteiger partial charge on any atom is 0.410 e. The predicted octanol–water partition coefficient (Wildman–Crippen LogP) is 4.21. The number of carbonyl (C=O) groups is 1. The molecule has 5 nitrogen and oxygen atoms in total. The number of carbonyl (C=O) groups excluding carboxylic acids is 1. The molecule has 0 saturated carbocycles. The molecule has 1 saturated heterocycles. The van der Waals surface area contributed by atoms with Gasteiger partial charge in [-0.1, -0.05) is 13.3 Å². The molecule has 1 aromatic heterocycles. The smallest absolute Gasteiger partial charge is 0.410 e. The Balaban J connectivity index is 2.29. The number of pyridine rings is 1. The van der Waals surface area contributed by atoms with Crippen molar-refractivity contribution in [2.75, 3.05) is 0 Å². The number of aliphatic hydroxyl groups is 1. The first-order valence-electron chi connectivity index (χ1n) is 9.02. The minimum absolute atomic E-state index is 0.0229. The highest BCUT2D eigenvalue weighted by molar-refractivity contribution is 5.69. The number of aromatic nitrogens is 1. The molecule has 25 heavy (non-hydrogen) atoms. The first-order chi connectivity index (χ1) is 11.7. The van der Waals surface area contributed by atoms with Crippen molar-refractivity contribution in [1.82, 2.24) is 9.88 Å². The molecule has 2 rings (SSSR count). The van der Waals surface area contributed by atoms with E-state index in [1.165, 1.54) is 12.3 Å². The number of likely N-dealkylation sites (tertiary alicyclic amines) is 1. The fraction of sp³-hybridized carbons (Fsp3) is 0.684. The van der Waals surface area contributed by atoms with Crippen molar-refractivity contribution >= 4 is 6.09 Å². The number of hydrogen-bond donors (Lipinski definition) is 1. The van der Waals surface area contributed by atoms with Crippen molar-refractivity contribution in [2.45, 2.75) is 83.6 Å². The van der Waals surface area contributed by atoms with Crippen LogP contribution in [0.2, 0.25) is 0 Å². The van der Waals surface area contributed by atoms with Crippen LogP contribution in [0.3, 0.4) is 0 Å². The molecule has 0 radical (unpaired) electrons. The lowest BCUT2D eigenvalue weighted by Gasteiger charge is -2.44. The van der Waals surface area contributed by atoms with Gasteiger partial charge < -0.3 is 9.84 Å². The maximum atomic E-state index is 13.5. The third-order valence-electron chi connectivity index (χ3n) is 4.45. The van der Waals surface area contributed by atoms with Crippen LogP contribution in [0.25, 0.3) is 0 Å². The lowest BCUT2D eigenvalue weighted by atomic mass is 9.88. The van der Waals surface area contributed by atoms with Crippen LogP contribution < -0.4 is 0 Å². The zero-order chi connectivity index (χ0) is 18.6. The van der Waals surface area contributed by atoms with E-state index in [0.717, 1.165) is 31.9 Å². The third-order valence-corrected chi connectivity index (χ3v) is 4.45. The molecule has 1 aromatic rings. The van der Waals surface area contributed by atoms with Gasteiger partial charge in [-0.2, -0.15) is 0 Å². The minimum Gasteiger partial charge on any atom is -0.444 e. The lowest BCUT2D eigenvalue weighted by molar-refractivity contribution is -0.0369. The first-order valence-corrected chi connectivity index (χ1v) is 9.02. The van der Waals surface area contributed by atoms with Crippen molar-refractivity contribution in [2.24, 2.45) is 0 Å². The zero-order valence-corrected chi connectivity index (χ0v) is 15.5. The molecular weight excluding hydrogens is 323 g/mol. The summed E-state index contributed by atoms with van der Waals surface area (Å²) in [6.07, 6.45) is 5.38. The van der Waals surface area contributed by atoms with Crippen LogP contribution in [0.4, 0.5) is 9.18 Å². The van der Waals surface area contributed by atoms with Crippen LogP contribution >= 0.6 is 0 Å². The molecule has 1 aliphatic rings. The standard InChI is InChI=1S/C19H29FN2O3/c1-5-7-15-8-6-9-16(22(15)18(24)25-19(2,3)4)17(23)13-10-14(20)12-21-11-13/h10-12,15-17,23H,5-9H2,1-4H3/t15-,16+,17+/m0/s1. The van der Waals surface area contributed by atoms with Gasteiger partial charge in [-0.15, -0.1) is 0 Å². The quantitative estimate of drug-likeness (QED) is 0.881. The van der Waals surface area contributed by atoms with Crippen LogP contribution in [0.5, 0.6) is 0 Å².